The molecule has 0 fully saturated rings. The van der Waals surface area contributed by atoms with Gasteiger partial charge < -0.3 is 0 Å². The molecule has 1 atom stereocenters. The third-order valence-electron chi connectivity index (χ3n) is 12.7. The first kappa shape index (κ1) is 42.7. The van der Waals surface area contributed by atoms with Crippen LogP contribution in [0.4, 0.5) is 0 Å². The molecule has 0 spiro atoms. The van der Waals surface area contributed by atoms with E-state index >= 15 is 0 Å². The van der Waals surface area contributed by atoms with Crippen molar-refractivity contribution in [3.05, 3.63) is 226 Å². The number of fused-ring (bicyclic) bond motifs is 6. The van der Waals surface area contributed by atoms with Gasteiger partial charge in [0.05, 0.1) is 0 Å². The number of thiophene rings is 1. The van der Waals surface area contributed by atoms with Crippen molar-refractivity contribution in [3.63, 3.8) is 0 Å². The summed E-state index contributed by atoms with van der Waals surface area (Å²) in [4.78, 5) is 0. The van der Waals surface area contributed by atoms with E-state index in [1.54, 1.807) is 0 Å². The van der Waals surface area contributed by atoms with E-state index in [2.05, 4.69) is 245 Å². The highest BCUT2D eigenvalue weighted by Gasteiger charge is 2.43. The van der Waals surface area contributed by atoms with Crippen molar-refractivity contribution in [1.29, 1.82) is 0 Å². The van der Waals surface area contributed by atoms with Crippen LogP contribution in [0.15, 0.2) is 182 Å². The van der Waals surface area contributed by atoms with Gasteiger partial charge in [-0.1, -0.05) is 223 Å². The Labute approximate surface area is 375 Å². The Bertz CT molecular complexity index is 2970. The van der Waals surface area contributed by atoms with Crippen molar-refractivity contribution in [1.82, 2.24) is 0 Å². The highest BCUT2D eigenvalue weighted by molar-refractivity contribution is 7.25. The molecule has 0 aliphatic heterocycles. The van der Waals surface area contributed by atoms with Crippen LogP contribution < -0.4 is 0 Å². The molecular weight excluding hydrogens is 765 g/mol. The average Bonchev–Trinajstić information content (AvgIpc) is 3.78. The third kappa shape index (κ3) is 8.19. The average molecular weight is 825 g/mol. The van der Waals surface area contributed by atoms with Gasteiger partial charge in [0.15, 0.2) is 0 Å². The molecule has 8 aromatic carbocycles. The molecule has 1 heterocycles. The lowest BCUT2D eigenvalue weighted by Crippen LogP contribution is -2.27. The number of aryl methyl sites for hydroxylation is 2. The molecule has 1 aromatic heterocycles. The Morgan fingerprint density at radius 1 is 0.435 bits per heavy atom. The lowest BCUT2D eigenvalue weighted by molar-refractivity contribution is 0.525. The molecule has 9 aromatic rings. The molecule has 0 bridgehead atoms. The Hall–Kier alpha value is -6.02. The standard InChI is InChI=1S/C29H34.C19H14S.C13H12/c1-19-25-21-16-12-13-17-22(21)29(8,20-14-10-9-11-15-20)23(25)18-24(27(2,3)4)26(19)28(5,6)7;1-13-9-11-14(12-10-13)15-6-4-8-18-19(15)16-5-2-3-7-17(16)20-18;1-11-7-9-13(10-8-11)12-5-3-2-4-6-12/h9-18H,1-8H3;2-12H,1H3;2-10H,1H3. The van der Waals surface area contributed by atoms with E-state index in [9.17, 15) is 0 Å². The summed E-state index contributed by atoms with van der Waals surface area (Å²) in [5.74, 6) is 0. The zero-order chi connectivity index (χ0) is 43.8. The van der Waals surface area contributed by atoms with Crippen molar-refractivity contribution in [2.45, 2.75) is 85.5 Å². The summed E-state index contributed by atoms with van der Waals surface area (Å²) >= 11 is 1.87. The fourth-order valence-electron chi connectivity index (χ4n) is 9.61. The molecule has 0 radical (unpaired) electrons. The molecule has 10 rings (SSSR count). The number of rotatable bonds is 3. The summed E-state index contributed by atoms with van der Waals surface area (Å²) in [7, 11) is 0. The van der Waals surface area contributed by atoms with Crippen LogP contribution in [0.2, 0.25) is 0 Å². The monoisotopic (exact) mass is 824 g/mol. The van der Waals surface area contributed by atoms with Crippen LogP contribution in [0.3, 0.4) is 0 Å². The van der Waals surface area contributed by atoms with Crippen molar-refractivity contribution < 1.29 is 0 Å². The van der Waals surface area contributed by atoms with Gasteiger partial charge in [-0.25, -0.2) is 0 Å². The summed E-state index contributed by atoms with van der Waals surface area (Å²) in [5, 5.41) is 2.75. The van der Waals surface area contributed by atoms with Crippen LogP contribution in [-0.4, -0.2) is 0 Å². The minimum Gasteiger partial charge on any atom is -0.135 e. The van der Waals surface area contributed by atoms with Gasteiger partial charge in [-0.15, -0.1) is 11.3 Å². The molecule has 1 aliphatic carbocycles. The molecule has 0 N–H and O–H groups in total. The predicted molar refractivity (Wildman–Crippen MR) is 272 cm³/mol. The molecule has 0 saturated carbocycles. The van der Waals surface area contributed by atoms with Crippen molar-refractivity contribution >= 4 is 31.5 Å². The smallest absolute Gasteiger partial charge is 0.0435 e. The van der Waals surface area contributed by atoms with E-state index in [1.807, 2.05) is 17.4 Å². The molecule has 62 heavy (non-hydrogen) atoms. The van der Waals surface area contributed by atoms with Gasteiger partial charge >= 0.3 is 0 Å². The number of hydrogen-bond acceptors (Lipinski definition) is 1. The summed E-state index contributed by atoms with van der Waals surface area (Å²) in [6, 6.07) is 65.7. The van der Waals surface area contributed by atoms with Crippen molar-refractivity contribution in [3.8, 4) is 33.4 Å². The lowest BCUT2D eigenvalue weighted by Gasteiger charge is -2.35. The molecule has 1 unspecified atom stereocenters. The molecule has 1 heteroatoms. The molecule has 0 nitrogen and oxygen atoms in total. The van der Waals surface area contributed by atoms with Crippen LogP contribution >= 0.6 is 11.3 Å². The highest BCUT2D eigenvalue weighted by Crippen LogP contribution is 2.56. The van der Waals surface area contributed by atoms with Crippen molar-refractivity contribution in [2.75, 3.05) is 0 Å². The van der Waals surface area contributed by atoms with Crippen LogP contribution in [0.1, 0.15) is 93.0 Å². The van der Waals surface area contributed by atoms with Crippen LogP contribution in [0, 0.1) is 20.8 Å². The second-order valence-corrected chi connectivity index (χ2v) is 20.3. The second kappa shape index (κ2) is 17.0. The van der Waals surface area contributed by atoms with Gasteiger partial charge in [-0.05, 0) is 117 Å². The molecule has 0 saturated heterocycles. The van der Waals surface area contributed by atoms with Crippen molar-refractivity contribution in [2.24, 2.45) is 0 Å². The fourth-order valence-corrected chi connectivity index (χ4v) is 10.7. The lowest BCUT2D eigenvalue weighted by atomic mass is 9.68. The molecule has 310 valence electrons. The van der Waals surface area contributed by atoms with E-state index in [0.29, 0.717) is 0 Å². The highest BCUT2D eigenvalue weighted by atomic mass is 32.1. The van der Waals surface area contributed by atoms with E-state index < -0.39 is 0 Å². The van der Waals surface area contributed by atoms with E-state index in [0.717, 1.165) is 0 Å². The Kier molecular flexibility index (Phi) is 11.7. The summed E-state index contributed by atoms with van der Waals surface area (Å²) < 4.78 is 2.73. The normalized spacial score (nSPS) is 14.4. The Balaban J connectivity index is 0.000000138. The van der Waals surface area contributed by atoms with Crippen LogP contribution in [0.5, 0.6) is 0 Å². The molecule has 1 aliphatic rings. The number of benzene rings is 8. The maximum Gasteiger partial charge on any atom is 0.0435 e. The topological polar surface area (TPSA) is 0 Å². The fraction of sp³-hybridized carbons (Fsp3) is 0.213. The van der Waals surface area contributed by atoms with Gasteiger partial charge in [-0.3, -0.25) is 0 Å². The van der Waals surface area contributed by atoms with E-state index in [-0.39, 0.29) is 16.2 Å². The first-order chi connectivity index (χ1) is 29.7. The maximum atomic E-state index is 2.54. The largest absolute Gasteiger partial charge is 0.135 e. The minimum atomic E-state index is -0.131. The predicted octanol–water partition coefficient (Wildman–Crippen LogP) is 17.6. The van der Waals surface area contributed by atoms with Crippen LogP contribution in [-0.2, 0) is 16.2 Å². The zero-order valence-electron chi connectivity index (χ0n) is 38.2. The minimum absolute atomic E-state index is 0.0920. The molecular formula is C61H60S. The van der Waals surface area contributed by atoms with E-state index in [4.69, 9.17) is 0 Å². The second-order valence-electron chi connectivity index (χ2n) is 19.3. The first-order valence-electron chi connectivity index (χ1n) is 22.1. The zero-order valence-corrected chi connectivity index (χ0v) is 39.0. The van der Waals surface area contributed by atoms with Gasteiger partial charge in [0.25, 0.3) is 0 Å². The Morgan fingerprint density at radius 3 is 1.58 bits per heavy atom. The number of hydrogen-bond donors (Lipinski definition) is 0. The quantitative estimate of drug-likeness (QED) is 0.166. The first-order valence-corrected chi connectivity index (χ1v) is 22.9. The SMILES string of the molecule is Cc1c2c(cc(C(C)(C)C)c1C(C)(C)C)C(C)(c1ccccc1)c1ccccc1-2.Cc1ccc(-c2cccc3sc4ccccc4c23)cc1.Cc1ccc(-c2ccccc2)cc1. The van der Waals surface area contributed by atoms with Crippen LogP contribution in [0.25, 0.3) is 53.6 Å². The Morgan fingerprint density at radius 2 is 0.952 bits per heavy atom. The summed E-state index contributed by atoms with van der Waals surface area (Å²) in [6.45, 7) is 23.1. The maximum absolute atomic E-state index is 2.54. The third-order valence-corrected chi connectivity index (χ3v) is 13.8. The van der Waals surface area contributed by atoms with E-state index in [1.165, 1.54) is 98.1 Å². The summed E-state index contributed by atoms with van der Waals surface area (Å²) in [6.07, 6.45) is 0. The summed E-state index contributed by atoms with van der Waals surface area (Å²) in [5.41, 5.74) is 19.4. The van der Waals surface area contributed by atoms with Gasteiger partial charge in [0.2, 0.25) is 0 Å². The molecule has 0 amide bonds. The van der Waals surface area contributed by atoms with Gasteiger partial charge in [-0.2, -0.15) is 0 Å². The van der Waals surface area contributed by atoms with Gasteiger partial charge in [0, 0.05) is 25.6 Å². The van der Waals surface area contributed by atoms with Gasteiger partial charge in [0.1, 0.15) is 0 Å².